The molecule has 2 heterocycles. The van der Waals surface area contributed by atoms with Gasteiger partial charge in [0.1, 0.15) is 5.82 Å². The lowest BCUT2D eigenvalue weighted by molar-refractivity contribution is 0.586. The summed E-state index contributed by atoms with van der Waals surface area (Å²) in [5, 5.41) is 14.3. The molecule has 32 heavy (non-hydrogen) atoms. The molecule has 0 aliphatic carbocycles. The molecule has 2 aromatic carbocycles. The van der Waals surface area contributed by atoms with Crippen LogP contribution in [0.2, 0.25) is 0 Å². The molecule has 0 amide bonds. The zero-order valence-electron chi connectivity index (χ0n) is 18.5. The first kappa shape index (κ1) is 21.8. The van der Waals surface area contributed by atoms with Gasteiger partial charge in [-0.2, -0.15) is 10.1 Å². The van der Waals surface area contributed by atoms with E-state index in [0.29, 0.717) is 11.8 Å². The summed E-state index contributed by atoms with van der Waals surface area (Å²) in [6, 6.07) is 13.4. The van der Waals surface area contributed by atoms with Crippen LogP contribution >= 0.6 is 0 Å². The molecule has 0 aliphatic rings. The topological polar surface area (TPSA) is 113 Å². The SMILES string of the molecule is CNc1nc(Nc2ccc3c(C)n[nH]c3c2)ncc1-c1ccc(CS(=O)(=O)C(C)C)cc1. The highest BCUT2D eigenvalue weighted by Gasteiger charge is 2.17. The number of aromatic amines is 1. The smallest absolute Gasteiger partial charge is 0.229 e. The van der Waals surface area contributed by atoms with Crippen LogP contribution in [-0.4, -0.2) is 40.9 Å². The van der Waals surface area contributed by atoms with Crippen LogP contribution in [0.4, 0.5) is 17.5 Å². The first-order valence-electron chi connectivity index (χ1n) is 10.3. The zero-order valence-corrected chi connectivity index (χ0v) is 19.3. The third-order valence-corrected chi connectivity index (χ3v) is 7.56. The molecule has 3 N–H and O–H groups in total. The van der Waals surface area contributed by atoms with Crippen LogP contribution in [0.5, 0.6) is 0 Å². The van der Waals surface area contributed by atoms with Gasteiger partial charge in [0.05, 0.1) is 22.2 Å². The summed E-state index contributed by atoms with van der Waals surface area (Å²) in [5.74, 6) is 1.17. The van der Waals surface area contributed by atoms with Gasteiger partial charge in [0, 0.05) is 29.9 Å². The molecule has 0 saturated heterocycles. The molecule has 9 heteroatoms. The lowest BCUT2D eigenvalue weighted by Crippen LogP contribution is -2.15. The first-order valence-corrected chi connectivity index (χ1v) is 12.1. The molecule has 0 fully saturated rings. The third-order valence-electron chi connectivity index (χ3n) is 5.39. The Bertz CT molecular complexity index is 1360. The highest BCUT2D eigenvalue weighted by atomic mass is 32.2. The number of anilines is 3. The van der Waals surface area contributed by atoms with Crippen molar-refractivity contribution in [2.45, 2.75) is 31.8 Å². The maximum Gasteiger partial charge on any atom is 0.229 e. The number of sulfone groups is 1. The number of hydrogen-bond acceptors (Lipinski definition) is 7. The van der Waals surface area contributed by atoms with Crippen molar-refractivity contribution < 1.29 is 8.42 Å². The Hall–Kier alpha value is -3.46. The molecule has 0 atom stereocenters. The van der Waals surface area contributed by atoms with Gasteiger partial charge >= 0.3 is 0 Å². The fourth-order valence-corrected chi connectivity index (χ4v) is 4.38. The number of benzene rings is 2. The van der Waals surface area contributed by atoms with Gasteiger partial charge < -0.3 is 10.6 Å². The summed E-state index contributed by atoms with van der Waals surface area (Å²) < 4.78 is 24.3. The molecule has 0 spiro atoms. The van der Waals surface area contributed by atoms with E-state index in [1.165, 1.54) is 0 Å². The van der Waals surface area contributed by atoms with E-state index in [0.717, 1.165) is 39.0 Å². The van der Waals surface area contributed by atoms with Crippen molar-refractivity contribution in [1.82, 2.24) is 20.2 Å². The molecular weight excluding hydrogens is 424 g/mol. The van der Waals surface area contributed by atoms with Gasteiger partial charge in [-0.3, -0.25) is 5.10 Å². The first-order chi connectivity index (χ1) is 15.3. The second-order valence-electron chi connectivity index (χ2n) is 7.95. The van der Waals surface area contributed by atoms with Gasteiger partial charge in [0.2, 0.25) is 5.95 Å². The predicted molar refractivity (Wildman–Crippen MR) is 129 cm³/mol. The van der Waals surface area contributed by atoms with E-state index >= 15 is 0 Å². The summed E-state index contributed by atoms with van der Waals surface area (Å²) in [7, 11) is -1.34. The Kier molecular flexibility index (Phi) is 5.84. The Balaban J connectivity index is 1.56. The van der Waals surface area contributed by atoms with E-state index in [-0.39, 0.29) is 5.75 Å². The lowest BCUT2D eigenvalue weighted by atomic mass is 10.1. The molecular formula is C23H26N6O2S. The van der Waals surface area contributed by atoms with Crippen LogP contribution in [0.25, 0.3) is 22.0 Å². The normalized spacial score (nSPS) is 11.8. The van der Waals surface area contributed by atoms with Crippen molar-refractivity contribution in [1.29, 1.82) is 0 Å². The maximum absolute atomic E-state index is 12.2. The molecule has 8 nitrogen and oxygen atoms in total. The van der Waals surface area contributed by atoms with Crippen molar-refractivity contribution in [3.8, 4) is 11.1 Å². The Labute approximate surface area is 187 Å². The van der Waals surface area contributed by atoms with Crippen molar-refractivity contribution in [3.05, 3.63) is 59.9 Å². The second kappa shape index (κ2) is 8.58. The highest BCUT2D eigenvalue weighted by molar-refractivity contribution is 7.91. The van der Waals surface area contributed by atoms with E-state index in [4.69, 9.17) is 0 Å². The highest BCUT2D eigenvalue weighted by Crippen LogP contribution is 2.28. The molecule has 0 saturated carbocycles. The molecule has 0 bridgehead atoms. The van der Waals surface area contributed by atoms with Gasteiger partial charge in [-0.1, -0.05) is 24.3 Å². The minimum atomic E-state index is -3.14. The quantitative estimate of drug-likeness (QED) is 0.382. The van der Waals surface area contributed by atoms with Gasteiger partial charge in [0.25, 0.3) is 0 Å². The van der Waals surface area contributed by atoms with Crippen molar-refractivity contribution in [3.63, 3.8) is 0 Å². The van der Waals surface area contributed by atoms with E-state index < -0.39 is 15.1 Å². The monoisotopic (exact) mass is 450 g/mol. The van der Waals surface area contributed by atoms with Crippen molar-refractivity contribution in [2.75, 3.05) is 17.7 Å². The molecule has 2 aromatic heterocycles. The van der Waals surface area contributed by atoms with Gasteiger partial charge in [-0.15, -0.1) is 0 Å². The van der Waals surface area contributed by atoms with Crippen LogP contribution < -0.4 is 10.6 Å². The average Bonchev–Trinajstić information content (AvgIpc) is 3.14. The maximum atomic E-state index is 12.2. The Morgan fingerprint density at radius 1 is 1.09 bits per heavy atom. The largest absolute Gasteiger partial charge is 0.372 e. The standard InChI is InChI=1S/C23H26N6O2S/c1-14(2)32(30,31)13-16-5-7-17(8-6-16)20-12-25-23(27-22(20)24-4)26-18-9-10-19-15(3)28-29-21(19)11-18/h5-12,14H,13H2,1-4H3,(H,28,29)(H2,24,25,26,27). The third kappa shape index (κ3) is 4.43. The fraction of sp³-hybridized carbons (Fsp3) is 0.261. The van der Waals surface area contributed by atoms with Crippen LogP contribution in [0, 0.1) is 6.92 Å². The number of nitrogens with one attached hydrogen (secondary N) is 3. The lowest BCUT2D eigenvalue weighted by Gasteiger charge is -2.12. The second-order valence-corrected chi connectivity index (χ2v) is 10.5. The molecule has 4 rings (SSSR count). The van der Waals surface area contributed by atoms with Crippen LogP contribution in [0.15, 0.2) is 48.7 Å². The number of rotatable bonds is 7. The molecule has 0 radical (unpaired) electrons. The minimum Gasteiger partial charge on any atom is -0.372 e. The van der Waals surface area contributed by atoms with E-state index in [2.05, 4.69) is 30.8 Å². The average molecular weight is 451 g/mol. The predicted octanol–water partition coefficient (Wildman–Crippen LogP) is 4.44. The Morgan fingerprint density at radius 3 is 2.53 bits per heavy atom. The van der Waals surface area contributed by atoms with Crippen LogP contribution in [0.1, 0.15) is 25.1 Å². The fourth-order valence-electron chi connectivity index (χ4n) is 3.39. The van der Waals surface area contributed by atoms with E-state index in [9.17, 15) is 8.42 Å². The van der Waals surface area contributed by atoms with Crippen LogP contribution in [-0.2, 0) is 15.6 Å². The van der Waals surface area contributed by atoms with Crippen molar-refractivity contribution in [2.24, 2.45) is 0 Å². The molecule has 0 unspecified atom stereocenters. The zero-order chi connectivity index (χ0) is 22.9. The molecule has 4 aromatic rings. The van der Waals surface area contributed by atoms with E-state index in [1.54, 1.807) is 27.1 Å². The van der Waals surface area contributed by atoms with Gasteiger partial charge in [-0.25, -0.2) is 13.4 Å². The molecule has 166 valence electrons. The number of hydrogen-bond donors (Lipinski definition) is 3. The number of H-pyrrole nitrogens is 1. The summed E-state index contributed by atoms with van der Waals surface area (Å²) in [4.78, 5) is 9.06. The molecule has 0 aliphatic heterocycles. The number of fused-ring (bicyclic) bond motifs is 1. The number of nitrogens with zero attached hydrogens (tertiary/aromatic N) is 3. The summed E-state index contributed by atoms with van der Waals surface area (Å²) >= 11 is 0. The van der Waals surface area contributed by atoms with Crippen LogP contribution in [0.3, 0.4) is 0 Å². The van der Waals surface area contributed by atoms with Gasteiger partial charge in [0.15, 0.2) is 9.84 Å². The number of aromatic nitrogens is 4. The summed E-state index contributed by atoms with van der Waals surface area (Å²) in [5.41, 5.74) is 5.25. The Morgan fingerprint density at radius 2 is 1.84 bits per heavy atom. The van der Waals surface area contributed by atoms with Gasteiger partial charge in [-0.05, 0) is 50.1 Å². The minimum absolute atomic E-state index is 0.0311. The van der Waals surface area contributed by atoms with Crippen molar-refractivity contribution >= 4 is 38.2 Å². The summed E-state index contributed by atoms with van der Waals surface area (Å²) in [6.07, 6.45) is 1.75. The summed E-state index contributed by atoms with van der Waals surface area (Å²) in [6.45, 7) is 5.36. The number of aryl methyl sites for hydroxylation is 1. The van der Waals surface area contributed by atoms with E-state index in [1.807, 2.05) is 49.4 Å².